The van der Waals surface area contributed by atoms with Crippen molar-refractivity contribution in [2.75, 3.05) is 20.3 Å². The molecule has 0 saturated heterocycles. The molecule has 4 aromatic rings. The van der Waals surface area contributed by atoms with Gasteiger partial charge in [-0.15, -0.1) is 0 Å². The van der Waals surface area contributed by atoms with Crippen LogP contribution in [0.25, 0.3) is 27.7 Å². The normalized spacial score (nSPS) is 13.7. The lowest BCUT2D eigenvalue weighted by molar-refractivity contribution is 0.144. The van der Waals surface area contributed by atoms with Crippen LogP contribution in [0.1, 0.15) is 44.5 Å². The second-order valence-electron chi connectivity index (χ2n) is 10.5. The maximum Gasteiger partial charge on any atom is 0.123 e. The summed E-state index contributed by atoms with van der Waals surface area (Å²) in [4.78, 5) is 4.47. The Bertz CT molecular complexity index is 1430. The van der Waals surface area contributed by atoms with Crippen LogP contribution < -0.4 is 0 Å². The number of benzene rings is 2. The van der Waals surface area contributed by atoms with Gasteiger partial charge < -0.3 is 14.4 Å². The highest BCUT2D eigenvalue weighted by Crippen LogP contribution is 2.44. The lowest BCUT2D eigenvalue weighted by Crippen LogP contribution is -2.30. The molecular formula is C28H31FN4O2. The zero-order valence-corrected chi connectivity index (χ0v) is 20.8. The molecule has 2 aromatic heterocycles. The van der Waals surface area contributed by atoms with Gasteiger partial charge in [-0.25, -0.2) is 4.39 Å². The van der Waals surface area contributed by atoms with Gasteiger partial charge in [0.05, 0.1) is 37.0 Å². The minimum atomic E-state index is -0.537. The molecule has 2 aromatic carbocycles. The van der Waals surface area contributed by atoms with E-state index >= 15 is 0 Å². The average molecular weight is 475 g/mol. The largest absolute Gasteiger partial charge is 0.394 e. The monoisotopic (exact) mass is 474 g/mol. The number of fused-ring (bicyclic) bond motifs is 2. The summed E-state index contributed by atoms with van der Waals surface area (Å²) >= 11 is 0. The fraction of sp³-hybridized carbons (Fsp3) is 0.357. The van der Waals surface area contributed by atoms with Crippen molar-refractivity contribution in [3.8, 4) is 16.8 Å². The summed E-state index contributed by atoms with van der Waals surface area (Å²) in [6.45, 7) is 9.33. The van der Waals surface area contributed by atoms with Crippen molar-refractivity contribution in [1.29, 1.82) is 0 Å². The second kappa shape index (κ2) is 8.43. The predicted molar refractivity (Wildman–Crippen MR) is 137 cm³/mol. The number of rotatable bonds is 7. The summed E-state index contributed by atoms with van der Waals surface area (Å²) in [5, 5.41) is 15.6. The molecule has 3 heterocycles. The number of methoxy groups -OCH3 is 1. The standard InChI is InChI=1S/C28H31FN4O2/c1-27(2,17-35-5)26-25(20-14-31-32(15-20)28(3,4)16-34)23-10-18-12-30-13-19(18)11-24(23)33(26)22-8-6-21(29)7-9-22/h6-11,13-15,34H,12,16-17H2,1-5H3. The van der Waals surface area contributed by atoms with Crippen LogP contribution in [0.15, 0.2) is 53.8 Å². The fourth-order valence-electron chi connectivity index (χ4n) is 4.97. The summed E-state index contributed by atoms with van der Waals surface area (Å²) in [5.74, 6) is -0.274. The SMILES string of the molecule is COCC(C)(C)c1c(-c2cnn(C(C)(C)CO)c2)c2cc3c(cc2n1-c1ccc(F)cc1)C=NC3. The topological polar surface area (TPSA) is 64.6 Å². The number of nitrogens with zero attached hydrogens (tertiary/aromatic N) is 4. The first-order valence-electron chi connectivity index (χ1n) is 11.8. The van der Waals surface area contributed by atoms with Crippen LogP contribution in [-0.4, -0.2) is 46.0 Å². The number of aliphatic imine (C=N–C) groups is 1. The van der Waals surface area contributed by atoms with Crippen LogP contribution in [0.2, 0.25) is 0 Å². The Hall–Kier alpha value is -3.29. The van der Waals surface area contributed by atoms with Crippen molar-refractivity contribution in [2.24, 2.45) is 4.99 Å². The van der Waals surface area contributed by atoms with Crippen molar-refractivity contribution >= 4 is 17.1 Å². The molecule has 0 bridgehead atoms. The van der Waals surface area contributed by atoms with Gasteiger partial charge in [0.2, 0.25) is 0 Å². The van der Waals surface area contributed by atoms with Gasteiger partial charge in [0.15, 0.2) is 0 Å². The van der Waals surface area contributed by atoms with Crippen molar-refractivity contribution < 1.29 is 14.2 Å². The highest BCUT2D eigenvalue weighted by Gasteiger charge is 2.33. The van der Waals surface area contributed by atoms with Gasteiger partial charge in [0.1, 0.15) is 5.82 Å². The van der Waals surface area contributed by atoms with Crippen LogP contribution in [0.4, 0.5) is 4.39 Å². The van der Waals surface area contributed by atoms with E-state index in [1.54, 1.807) is 7.11 Å². The van der Waals surface area contributed by atoms with Crippen LogP contribution in [0.3, 0.4) is 0 Å². The van der Waals surface area contributed by atoms with E-state index in [1.807, 2.05) is 49.3 Å². The number of aromatic nitrogens is 3. The zero-order chi connectivity index (χ0) is 25.0. The molecule has 182 valence electrons. The molecule has 1 N–H and O–H groups in total. The van der Waals surface area contributed by atoms with Gasteiger partial charge in [0, 0.05) is 52.8 Å². The van der Waals surface area contributed by atoms with E-state index in [-0.39, 0.29) is 17.8 Å². The van der Waals surface area contributed by atoms with E-state index in [9.17, 15) is 9.50 Å². The lowest BCUT2D eigenvalue weighted by Gasteiger charge is -2.28. The lowest BCUT2D eigenvalue weighted by atomic mass is 9.85. The van der Waals surface area contributed by atoms with E-state index < -0.39 is 5.54 Å². The first-order chi connectivity index (χ1) is 16.7. The molecule has 0 unspecified atom stereocenters. The number of ether oxygens (including phenoxy) is 1. The Morgan fingerprint density at radius 2 is 1.86 bits per heavy atom. The van der Waals surface area contributed by atoms with Gasteiger partial charge in [-0.05, 0) is 61.4 Å². The van der Waals surface area contributed by atoms with Gasteiger partial charge >= 0.3 is 0 Å². The smallest absolute Gasteiger partial charge is 0.123 e. The first kappa shape index (κ1) is 23.5. The van der Waals surface area contributed by atoms with Crippen LogP contribution in [-0.2, 0) is 22.2 Å². The van der Waals surface area contributed by atoms with Crippen molar-refractivity contribution in [2.45, 2.75) is 45.2 Å². The molecule has 0 spiro atoms. The van der Waals surface area contributed by atoms with E-state index in [4.69, 9.17) is 4.74 Å². The van der Waals surface area contributed by atoms with Gasteiger partial charge in [-0.2, -0.15) is 5.10 Å². The second-order valence-corrected chi connectivity index (χ2v) is 10.5. The molecule has 1 aliphatic heterocycles. The Kier molecular flexibility index (Phi) is 5.65. The number of halogens is 1. The van der Waals surface area contributed by atoms with Crippen LogP contribution >= 0.6 is 0 Å². The number of aliphatic hydroxyl groups is 1. The minimum Gasteiger partial charge on any atom is -0.394 e. The Morgan fingerprint density at radius 1 is 1.11 bits per heavy atom. The van der Waals surface area contributed by atoms with Crippen LogP contribution in [0.5, 0.6) is 0 Å². The third kappa shape index (κ3) is 3.89. The molecule has 7 heteroatoms. The summed E-state index contributed by atoms with van der Waals surface area (Å²) in [6, 6.07) is 11.0. The maximum atomic E-state index is 13.9. The molecule has 1 aliphatic rings. The third-order valence-electron chi connectivity index (χ3n) is 6.83. The predicted octanol–water partition coefficient (Wildman–Crippen LogP) is 5.22. The van der Waals surface area contributed by atoms with Crippen LogP contribution in [0, 0.1) is 5.82 Å². The first-order valence-corrected chi connectivity index (χ1v) is 11.8. The average Bonchev–Trinajstić information content (AvgIpc) is 3.55. The highest BCUT2D eigenvalue weighted by atomic mass is 19.1. The third-order valence-corrected chi connectivity index (χ3v) is 6.83. The molecule has 0 amide bonds. The summed E-state index contributed by atoms with van der Waals surface area (Å²) in [7, 11) is 1.71. The molecule has 0 aliphatic carbocycles. The van der Waals surface area contributed by atoms with Gasteiger partial charge in [-0.3, -0.25) is 9.67 Å². The van der Waals surface area contributed by atoms with Crippen molar-refractivity contribution in [1.82, 2.24) is 14.3 Å². The van der Waals surface area contributed by atoms with Crippen molar-refractivity contribution in [3.05, 3.63) is 71.4 Å². The van der Waals surface area contributed by atoms with E-state index in [1.165, 1.54) is 17.7 Å². The molecule has 0 radical (unpaired) electrons. The maximum absolute atomic E-state index is 13.9. The molecule has 35 heavy (non-hydrogen) atoms. The number of aliphatic hydroxyl groups excluding tert-OH is 1. The summed E-state index contributed by atoms with van der Waals surface area (Å²) in [6.07, 6.45) is 5.77. The minimum absolute atomic E-state index is 0.0294. The van der Waals surface area contributed by atoms with E-state index in [2.05, 4.69) is 40.6 Å². The zero-order valence-electron chi connectivity index (χ0n) is 20.8. The van der Waals surface area contributed by atoms with E-state index in [0.717, 1.165) is 39.0 Å². The summed E-state index contributed by atoms with van der Waals surface area (Å²) in [5.41, 5.74) is 6.31. The van der Waals surface area contributed by atoms with Gasteiger partial charge in [0.25, 0.3) is 0 Å². The molecule has 0 atom stereocenters. The van der Waals surface area contributed by atoms with Crippen molar-refractivity contribution in [3.63, 3.8) is 0 Å². The van der Waals surface area contributed by atoms with E-state index in [0.29, 0.717) is 13.2 Å². The molecule has 0 saturated carbocycles. The quantitative estimate of drug-likeness (QED) is 0.400. The highest BCUT2D eigenvalue weighted by molar-refractivity contribution is 6.03. The number of hydrogen-bond acceptors (Lipinski definition) is 4. The Morgan fingerprint density at radius 3 is 2.54 bits per heavy atom. The molecule has 0 fully saturated rings. The molecule has 5 rings (SSSR count). The summed E-state index contributed by atoms with van der Waals surface area (Å²) < 4.78 is 23.6. The Balaban J connectivity index is 1.89. The number of hydrogen-bond donors (Lipinski definition) is 1. The molecule has 6 nitrogen and oxygen atoms in total. The molecular weight excluding hydrogens is 443 g/mol. The fourth-order valence-corrected chi connectivity index (χ4v) is 4.97. The Labute approximate surface area is 204 Å². The van der Waals surface area contributed by atoms with Gasteiger partial charge in [-0.1, -0.05) is 13.8 Å².